The number of carbonyl (C=O) groups excluding carboxylic acids is 2. The van der Waals surface area contributed by atoms with Gasteiger partial charge in [-0.25, -0.2) is 4.98 Å². The Morgan fingerprint density at radius 3 is 2.31 bits per heavy atom. The monoisotopic (exact) mass is 424 g/mol. The lowest BCUT2D eigenvalue weighted by Crippen LogP contribution is -2.29. The van der Waals surface area contributed by atoms with Crippen molar-refractivity contribution in [2.75, 3.05) is 4.90 Å². The summed E-state index contributed by atoms with van der Waals surface area (Å²) in [6.07, 6.45) is 0. The predicted molar refractivity (Wildman–Crippen MR) is 114 cm³/mol. The number of aryl methyl sites for hydroxylation is 2. The minimum atomic E-state index is -0.794. The van der Waals surface area contributed by atoms with Crippen LogP contribution in [-0.4, -0.2) is 21.8 Å². The molecule has 1 fully saturated rings. The van der Waals surface area contributed by atoms with Crippen LogP contribution >= 0.6 is 22.9 Å². The van der Waals surface area contributed by atoms with Crippen molar-refractivity contribution in [1.29, 1.82) is 0 Å². The Labute approximate surface area is 176 Å². The minimum Gasteiger partial charge on any atom is -0.507 e. The average Bonchev–Trinajstić information content (AvgIpc) is 3.18. The van der Waals surface area contributed by atoms with Crippen LogP contribution in [0.25, 0.3) is 5.76 Å². The third-order valence-electron chi connectivity index (χ3n) is 4.90. The topological polar surface area (TPSA) is 70.5 Å². The Morgan fingerprint density at radius 1 is 1.07 bits per heavy atom. The first-order valence-corrected chi connectivity index (χ1v) is 10.1. The lowest BCUT2D eigenvalue weighted by molar-refractivity contribution is -0.132. The van der Waals surface area contributed by atoms with Crippen LogP contribution in [0.4, 0.5) is 5.13 Å². The van der Waals surface area contributed by atoms with Crippen molar-refractivity contribution < 1.29 is 14.7 Å². The van der Waals surface area contributed by atoms with Crippen LogP contribution < -0.4 is 4.90 Å². The summed E-state index contributed by atoms with van der Waals surface area (Å²) in [5.41, 5.74) is 1.96. The molecule has 2 aromatic carbocycles. The van der Waals surface area contributed by atoms with Crippen LogP contribution in [0, 0.1) is 13.8 Å². The number of carbonyl (C=O) groups is 2. The van der Waals surface area contributed by atoms with Crippen LogP contribution in [0.3, 0.4) is 0 Å². The standard InChI is InChI=1S/C22H17ClN2O3S/c1-12-13(2)29-22(24-12)25-18(14-8-10-16(23)11-9-14)17(20(27)21(25)28)19(26)15-6-4-3-5-7-15/h3-11,18,26H,1-2H3/t18-/m1/s1. The molecule has 0 aliphatic carbocycles. The molecule has 0 bridgehead atoms. The van der Waals surface area contributed by atoms with E-state index in [1.54, 1.807) is 48.5 Å². The number of amides is 1. The molecule has 5 nitrogen and oxygen atoms in total. The number of benzene rings is 2. The second-order valence-electron chi connectivity index (χ2n) is 6.72. The van der Waals surface area contributed by atoms with E-state index in [-0.39, 0.29) is 11.3 Å². The largest absolute Gasteiger partial charge is 0.507 e. The van der Waals surface area contributed by atoms with Crippen LogP contribution in [0.5, 0.6) is 0 Å². The molecule has 29 heavy (non-hydrogen) atoms. The van der Waals surface area contributed by atoms with E-state index in [9.17, 15) is 14.7 Å². The van der Waals surface area contributed by atoms with Crippen molar-refractivity contribution >= 4 is 45.5 Å². The predicted octanol–water partition coefficient (Wildman–Crippen LogP) is 5.04. The van der Waals surface area contributed by atoms with Crippen LogP contribution in [0.1, 0.15) is 27.7 Å². The number of halogens is 1. The molecule has 1 amide bonds. The molecule has 1 saturated heterocycles. The maximum absolute atomic E-state index is 13.0. The number of anilines is 1. The summed E-state index contributed by atoms with van der Waals surface area (Å²) in [4.78, 5) is 32.8. The number of thiazole rings is 1. The summed E-state index contributed by atoms with van der Waals surface area (Å²) in [5.74, 6) is -1.66. The van der Waals surface area contributed by atoms with Gasteiger partial charge < -0.3 is 5.11 Å². The molecule has 1 N–H and O–H groups in total. The molecule has 0 unspecified atom stereocenters. The lowest BCUT2D eigenvalue weighted by Gasteiger charge is -2.23. The highest BCUT2D eigenvalue weighted by Crippen LogP contribution is 2.43. The third-order valence-corrected chi connectivity index (χ3v) is 6.22. The number of aliphatic hydroxyl groups is 1. The van der Waals surface area contributed by atoms with Gasteiger partial charge in [0.25, 0.3) is 5.78 Å². The second-order valence-corrected chi connectivity index (χ2v) is 8.34. The lowest BCUT2D eigenvalue weighted by atomic mass is 9.95. The molecule has 1 aliphatic heterocycles. The van der Waals surface area contributed by atoms with Gasteiger partial charge in [-0.05, 0) is 31.5 Å². The third kappa shape index (κ3) is 3.34. The van der Waals surface area contributed by atoms with E-state index in [4.69, 9.17) is 11.6 Å². The summed E-state index contributed by atoms with van der Waals surface area (Å²) in [7, 11) is 0. The number of Topliss-reactive ketones (excluding diaryl/α,β-unsaturated/α-hetero) is 1. The van der Waals surface area contributed by atoms with Crippen molar-refractivity contribution in [2.24, 2.45) is 0 Å². The Kier molecular flexibility index (Phi) is 4.98. The summed E-state index contributed by atoms with van der Waals surface area (Å²) in [6, 6.07) is 14.8. The van der Waals surface area contributed by atoms with Gasteiger partial charge in [-0.15, -0.1) is 11.3 Å². The maximum Gasteiger partial charge on any atom is 0.301 e. The van der Waals surface area contributed by atoms with E-state index in [0.717, 1.165) is 10.6 Å². The van der Waals surface area contributed by atoms with E-state index >= 15 is 0 Å². The van der Waals surface area contributed by atoms with E-state index < -0.39 is 17.7 Å². The van der Waals surface area contributed by atoms with Crippen molar-refractivity contribution in [1.82, 2.24) is 4.98 Å². The fraction of sp³-hybridized carbons (Fsp3) is 0.136. The Balaban J connectivity index is 1.95. The zero-order valence-electron chi connectivity index (χ0n) is 15.7. The molecule has 1 atom stereocenters. The summed E-state index contributed by atoms with van der Waals surface area (Å²) < 4.78 is 0. The number of hydrogen-bond acceptors (Lipinski definition) is 5. The molecule has 2 heterocycles. The number of hydrogen-bond donors (Lipinski definition) is 1. The second kappa shape index (κ2) is 7.46. The quantitative estimate of drug-likeness (QED) is 0.363. The van der Waals surface area contributed by atoms with Crippen LogP contribution in [0.2, 0.25) is 5.02 Å². The van der Waals surface area contributed by atoms with Crippen molar-refractivity contribution in [3.05, 3.63) is 86.9 Å². The van der Waals surface area contributed by atoms with Gasteiger partial charge in [0.2, 0.25) is 0 Å². The van der Waals surface area contributed by atoms with Gasteiger partial charge in [-0.2, -0.15) is 0 Å². The van der Waals surface area contributed by atoms with E-state index in [1.807, 2.05) is 19.9 Å². The molecule has 7 heteroatoms. The van der Waals surface area contributed by atoms with Gasteiger partial charge in [-0.1, -0.05) is 54.1 Å². The Hall–Kier alpha value is -2.96. The molecule has 0 radical (unpaired) electrons. The van der Waals surface area contributed by atoms with Gasteiger partial charge in [0.15, 0.2) is 5.13 Å². The zero-order chi connectivity index (χ0) is 20.7. The van der Waals surface area contributed by atoms with Crippen LogP contribution in [-0.2, 0) is 9.59 Å². The minimum absolute atomic E-state index is 0.0361. The fourth-order valence-corrected chi connectivity index (χ4v) is 4.36. The number of nitrogens with zero attached hydrogens (tertiary/aromatic N) is 2. The number of aliphatic hydroxyl groups excluding tert-OH is 1. The maximum atomic E-state index is 13.0. The average molecular weight is 425 g/mol. The van der Waals surface area contributed by atoms with E-state index in [0.29, 0.717) is 21.3 Å². The van der Waals surface area contributed by atoms with Gasteiger partial charge in [-0.3, -0.25) is 14.5 Å². The highest BCUT2D eigenvalue weighted by Gasteiger charge is 2.48. The molecule has 0 spiro atoms. The van der Waals surface area contributed by atoms with E-state index in [2.05, 4.69) is 4.98 Å². The van der Waals surface area contributed by atoms with Crippen LogP contribution in [0.15, 0.2) is 60.2 Å². The molecule has 3 aromatic rings. The molecule has 1 aromatic heterocycles. The van der Waals surface area contributed by atoms with Gasteiger partial charge in [0, 0.05) is 15.5 Å². The Bertz CT molecular complexity index is 1120. The SMILES string of the molecule is Cc1nc(N2C(=O)C(=O)C(=C(O)c3ccccc3)[C@H]2c2ccc(Cl)cc2)sc1C. The normalized spacial score (nSPS) is 18.4. The smallest absolute Gasteiger partial charge is 0.301 e. The Morgan fingerprint density at radius 2 is 1.72 bits per heavy atom. The van der Waals surface area contributed by atoms with Gasteiger partial charge in [0.1, 0.15) is 5.76 Å². The van der Waals surface area contributed by atoms with Gasteiger partial charge in [0.05, 0.1) is 17.3 Å². The van der Waals surface area contributed by atoms with Gasteiger partial charge >= 0.3 is 5.91 Å². The van der Waals surface area contributed by atoms with Crippen molar-refractivity contribution in [3.63, 3.8) is 0 Å². The summed E-state index contributed by atoms with van der Waals surface area (Å²) in [5, 5.41) is 11.9. The molecule has 4 rings (SSSR count). The molecular formula is C22H17ClN2O3S. The number of rotatable bonds is 3. The van der Waals surface area contributed by atoms with Crippen molar-refractivity contribution in [2.45, 2.75) is 19.9 Å². The first kappa shape index (κ1) is 19.4. The summed E-state index contributed by atoms with van der Waals surface area (Å²) >= 11 is 7.37. The number of ketones is 1. The fourth-order valence-electron chi connectivity index (χ4n) is 3.30. The van der Waals surface area contributed by atoms with Crippen molar-refractivity contribution in [3.8, 4) is 0 Å². The molecular weight excluding hydrogens is 408 g/mol. The first-order valence-electron chi connectivity index (χ1n) is 8.94. The molecule has 0 saturated carbocycles. The zero-order valence-corrected chi connectivity index (χ0v) is 17.3. The molecule has 146 valence electrons. The molecule has 1 aliphatic rings. The highest BCUT2D eigenvalue weighted by molar-refractivity contribution is 7.16. The first-order chi connectivity index (χ1) is 13.9. The highest BCUT2D eigenvalue weighted by atomic mass is 35.5. The summed E-state index contributed by atoms with van der Waals surface area (Å²) in [6.45, 7) is 3.77. The number of aromatic nitrogens is 1. The van der Waals surface area contributed by atoms with E-state index in [1.165, 1.54) is 16.2 Å².